The van der Waals surface area contributed by atoms with E-state index in [0.29, 0.717) is 5.56 Å². The minimum atomic E-state index is -0.0735. The van der Waals surface area contributed by atoms with Crippen LogP contribution in [0.25, 0.3) is 0 Å². The third-order valence-corrected chi connectivity index (χ3v) is 4.83. The van der Waals surface area contributed by atoms with Crippen LogP contribution in [0, 0.1) is 0 Å². The fraction of sp³-hybridized carbons (Fsp3) is 0.400. The first-order valence-electron chi connectivity index (χ1n) is 8.83. The van der Waals surface area contributed by atoms with Crippen LogP contribution in [-0.4, -0.2) is 60.0 Å². The van der Waals surface area contributed by atoms with Gasteiger partial charge in [0.15, 0.2) is 0 Å². The number of aromatic nitrogens is 1. The Morgan fingerprint density at radius 3 is 2.44 bits per heavy atom. The monoisotopic (exact) mass is 338 g/mol. The first-order valence-corrected chi connectivity index (χ1v) is 8.83. The first-order chi connectivity index (χ1) is 12.1. The summed E-state index contributed by atoms with van der Waals surface area (Å²) in [5, 5.41) is 3.17. The number of piperazine rings is 1. The molecule has 2 heterocycles. The molecule has 1 aromatic carbocycles. The molecule has 5 nitrogen and oxygen atoms in total. The molecule has 132 valence electrons. The van der Waals surface area contributed by atoms with Gasteiger partial charge in [-0.2, -0.15) is 0 Å². The summed E-state index contributed by atoms with van der Waals surface area (Å²) < 4.78 is 0. The fourth-order valence-corrected chi connectivity index (χ4v) is 3.43. The van der Waals surface area contributed by atoms with E-state index in [-0.39, 0.29) is 18.0 Å². The van der Waals surface area contributed by atoms with Crippen molar-refractivity contribution in [2.45, 2.75) is 19.0 Å². The fourth-order valence-electron chi connectivity index (χ4n) is 3.43. The Morgan fingerprint density at radius 1 is 1.08 bits per heavy atom. The largest absolute Gasteiger partial charge is 0.348 e. The van der Waals surface area contributed by atoms with Crippen molar-refractivity contribution >= 4 is 5.91 Å². The Bertz CT molecular complexity index is 669. The Balaban J connectivity index is 1.77. The van der Waals surface area contributed by atoms with E-state index in [4.69, 9.17) is 0 Å². The van der Waals surface area contributed by atoms with Gasteiger partial charge in [-0.05, 0) is 31.7 Å². The lowest BCUT2D eigenvalue weighted by Gasteiger charge is -2.41. The molecule has 0 radical (unpaired) electrons. The highest BCUT2D eigenvalue weighted by Crippen LogP contribution is 2.25. The van der Waals surface area contributed by atoms with Crippen LogP contribution in [0.2, 0.25) is 0 Å². The molecule has 1 amide bonds. The van der Waals surface area contributed by atoms with Crippen molar-refractivity contribution in [3.63, 3.8) is 0 Å². The number of likely N-dealkylation sites (N-methyl/N-ethyl adjacent to an activating group) is 1. The third-order valence-electron chi connectivity index (χ3n) is 4.83. The number of carbonyl (C=O) groups excluding carboxylic acids is 1. The van der Waals surface area contributed by atoms with Gasteiger partial charge in [0.05, 0.1) is 11.6 Å². The number of hydrogen-bond donors (Lipinski definition) is 1. The molecule has 1 aromatic heterocycles. The zero-order valence-electron chi connectivity index (χ0n) is 14.9. The van der Waals surface area contributed by atoms with Crippen molar-refractivity contribution in [2.24, 2.45) is 0 Å². The van der Waals surface area contributed by atoms with Crippen LogP contribution in [0.1, 0.15) is 28.9 Å². The number of hydrogen-bond acceptors (Lipinski definition) is 4. The number of amides is 1. The number of carbonyl (C=O) groups is 1. The second-order valence-electron chi connectivity index (χ2n) is 6.70. The van der Waals surface area contributed by atoms with Crippen LogP contribution in [0.15, 0.2) is 54.9 Å². The lowest BCUT2D eigenvalue weighted by atomic mass is 9.97. The van der Waals surface area contributed by atoms with Crippen molar-refractivity contribution in [2.75, 3.05) is 33.2 Å². The number of nitrogens with one attached hydrogen (secondary N) is 1. The van der Waals surface area contributed by atoms with E-state index in [1.54, 1.807) is 24.5 Å². The number of rotatable bonds is 5. The Morgan fingerprint density at radius 2 is 1.80 bits per heavy atom. The second kappa shape index (κ2) is 8.23. The molecule has 3 rings (SSSR count). The van der Waals surface area contributed by atoms with E-state index >= 15 is 0 Å². The van der Waals surface area contributed by atoms with Crippen LogP contribution < -0.4 is 5.32 Å². The van der Waals surface area contributed by atoms with Gasteiger partial charge >= 0.3 is 0 Å². The standard InChI is InChI=1S/C20H26N4O/c1-16(22-20(25)18-9-6-10-21-15-18)19(17-7-4-3-5-8-17)24-13-11-23(2)12-14-24/h3-10,15-16,19H,11-14H2,1-2H3,(H,22,25). The summed E-state index contributed by atoms with van der Waals surface area (Å²) in [5.41, 5.74) is 1.84. The van der Waals surface area contributed by atoms with Crippen LogP contribution in [0.5, 0.6) is 0 Å². The molecule has 1 N–H and O–H groups in total. The number of benzene rings is 1. The SMILES string of the molecule is CC(NC(=O)c1cccnc1)C(c1ccccc1)N1CCN(C)CC1. The van der Waals surface area contributed by atoms with Crippen LogP contribution >= 0.6 is 0 Å². The van der Waals surface area contributed by atoms with Gasteiger partial charge in [-0.25, -0.2) is 0 Å². The van der Waals surface area contributed by atoms with Crippen molar-refractivity contribution in [1.29, 1.82) is 0 Å². The quantitative estimate of drug-likeness (QED) is 0.908. The normalized spacial score (nSPS) is 18.5. The Labute approximate surface area is 149 Å². The molecule has 25 heavy (non-hydrogen) atoms. The topological polar surface area (TPSA) is 48.5 Å². The summed E-state index contributed by atoms with van der Waals surface area (Å²) in [7, 11) is 2.16. The summed E-state index contributed by atoms with van der Waals surface area (Å²) in [4.78, 5) is 21.4. The lowest BCUT2D eigenvalue weighted by Crippen LogP contribution is -2.51. The van der Waals surface area contributed by atoms with Crippen molar-refractivity contribution in [3.8, 4) is 0 Å². The summed E-state index contributed by atoms with van der Waals surface area (Å²) in [6, 6.07) is 14.2. The zero-order valence-corrected chi connectivity index (χ0v) is 14.9. The molecule has 0 aliphatic carbocycles. The molecule has 0 saturated carbocycles. The van der Waals surface area contributed by atoms with E-state index < -0.39 is 0 Å². The van der Waals surface area contributed by atoms with Gasteiger partial charge in [-0.1, -0.05) is 30.3 Å². The molecule has 1 saturated heterocycles. The van der Waals surface area contributed by atoms with E-state index in [2.05, 4.69) is 58.3 Å². The molecule has 0 bridgehead atoms. The zero-order chi connectivity index (χ0) is 17.6. The summed E-state index contributed by atoms with van der Waals surface area (Å²) in [6.45, 7) is 6.19. The van der Waals surface area contributed by atoms with E-state index in [9.17, 15) is 4.79 Å². The van der Waals surface area contributed by atoms with Crippen LogP contribution in [-0.2, 0) is 0 Å². The minimum absolute atomic E-state index is 0.00138. The molecule has 1 aliphatic rings. The van der Waals surface area contributed by atoms with E-state index in [0.717, 1.165) is 26.2 Å². The average Bonchev–Trinajstić information content (AvgIpc) is 2.65. The molecule has 2 unspecified atom stereocenters. The van der Waals surface area contributed by atoms with Crippen LogP contribution in [0.3, 0.4) is 0 Å². The predicted octanol–water partition coefficient (Wildman–Crippen LogP) is 2.19. The van der Waals surface area contributed by atoms with E-state index in [1.807, 2.05) is 6.07 Å². The van der Waals surface area contributed by atoms with Crippen molar-refractivity contribution < 1.29 is 4.79 Å². The maximum Gasteiger partial charge on any atom is 0.253 e. The number of nitrogens with zero attached hydrogens (tertiary/aromatic N) is 3. The molecular weight excluding hydrogens is 312 g/mol. The van der Waals surface area contributed by atoms with Gasteiger partial charge in [0.1, 0.15) is 0 Å². The summed E-state index contributed by atoms with van der Waals surface area (Å²) in [6.07, 6.45) is 3.28. The highest BCUT2D eigenvalue weighted by molar-refractivity contribution is 5.94. The highest BCUT2D eigenvalue weighted by Gasteiger charge is 2.29. The average molecular weight is 338 g/mol. The van der Waals surface area contributed by atoms with Crippen LogP contribution in [0.4, 0.5) is 0 Å². The molecule has 1 aliphatic heterocycles. The molecular formula is C20H26N4O. The lowest BCUT2D eigenvalue weighted by molar-refractivity contribution is 0.0791. The second-order valence-corrected chi connectivity index (χ2v) is 6.70. The maximum atomic E-state index is 12.5. The van der Waals surface area contributed by atoms with Gasteiger partial charge in [-0.15, -0.1) is 0 Å². The molecule has 5 heteroatoms. The Hall–Kier alpha value is -2.24. The first kappa shape index (κ1) is 17.6. The smallest absolute Gasteiger partial charge is 0.253 e. The van der Waals surface area contributed by atoms with Crippen molar-refractivity contribution in [3.05, 3.63) is 66.0 Å². The summed E-state index contributed by atoms with van der Waals surface area (Å²) in [5.74, 6) is -0.0735. The van der Waals surface area contributed by atoms with Gasteiger partial charge in [-0.3, -0.25) is 14.7 Å². The Kier molecular flexibility index (Phi) is 5.79. The molecule has 0 spiro atoms. The number of pyridine rings is 1. The maximum absolute atomic E-state index is 12.5. The van der Waals surface area contributed by atoms with Gasteiger partial charge in [0.2, 0.25) is 0 Å². The van der Waals surface area contributed by atoms with Gasteiger partial charge in [0, 0.05) is 44.6 Å². The minimum Gasteiger partial charge on any atom is -0.348 e. The van der Waals surface area contributed by atoms with Crippen molar-refractivity contribution in [1.82, 2.24) is 20.1 Å². The predicted molar refractivity (Wildman–Crippen MR) is 99.4 cm³/mol. The third kappa shape index (κ3) is 4.44. The van der Waals surface area contributed by atoms with Gasteiger partial charge < -0.3 is 10.2 Å². The highest BCUT2D eigenvalue weighted by atomic mass is 16.1. The molecule has 2 atom stereocenters. The summed E-state index contributed by atoms with van der Waals surface area (Å²) >= 11 is 0. The van der Waals surface area contributed by atoms with E-state index in [1.165, 1.54) is 5.56 Å². The van der Waals surface area contributed by atoms with Gasteiger partial charge in [0.25, 0.3) is 5.91 Å². The molecule has 2 aromatic rings. The molecule has 1 fully saturated rings.